The summed E-state index contributed by atoms with van der Waals surface area (Å²) in [7, 11) is 0. The van der Waals surface area contributed by atoms with Crippen LogP contribution in [0.1, 0.15) is 21.6 Å². The number of anilines is 2. The number of phenolic OH excluding ortho intramolecular Hbond substituents is 2. The summed E-state index contributed by atoms with van der Waals surface area (Å²) in [5, 5.41) is 23.2. The van der Waals surface area contributed by atoms with Gasteiger partial charge >= 0.3 is 12.2 Å². The number of nitrogens with one attached hydrogen (secondary N) is 4. The van der Waals surface area contributed by atoms with Crippen molar-refractivity contribution in [2.24, 2.45) is 0 Å². The number of rotatable bonds is 8. The standard InChI is InChI=1S/C27H21ClF3N5O5/c28-21-7-4-17(12-20(21)27(29,30)31)35-26(40)34-16-2-5-18(6-3-16)41-19-9-10-32-22(13-19)25(39)36-33-14-15-1-8-23(37)24(38)11-15/h1-13,33,37-38H,14H2,(H,36,39)(H2,34,35,40). The molecule has 0 spiro atoms. The molecular weight excluding hydrogens is 567 g/mol. The molecule has 0 aliphatic rings. The number of phenols is 2. The molecule has 10 nitrogen and oxygen atoms in total. The number of benzene rings is 3. The number of urea groups is 1. The number of hydrogen-bond acceptors (Lipinski definition) is 7. The van der Waals surface area contributed by atoms with Crippen LogP contribution in [0.15, 0.2) is 79.0 Å². The highest BCUT2D eigenvalue weighted by Crippen LogP contribution is 2.36. The summed E-state index contributed by atoms with van der Waals surface area (Å²) in [5.74, 6) is -0.418. The Morgan fingerprint density at radius 3 is 2.27 bits per heavy atom. The number of carbonyl (C=O) groups excluding carboxylic acids is 2. The molecule has 6 N–H and O–H groups in total. The highest BCUT2D eigenvalue weighted by Gasteiger charge is 2.33. The minimum atomic E-state index is -4.67. The van der Waals surface area contributed by atoms with Gasteiger partial charge in [-0.2, -0.15) is 13.2 Å². The van der Waals surface area contributed by atoms with Gasteiger partial charge in [0.15, 0.2) is 11.5 Å². The monoisotopic (exact) mass is 587 g/mol. The zero-order chi connectivity index (χ0) is 29.6. The molecule has 1 aromatic heterocycles. The van der Waals surface area contributed by atoms with Crippen LogP contribution in [0.25, 0.3) is 0 Å². The third-order valence-corrected chi connectivity index (χ3v) is 5.71. The lowest BCUT2D eigenvalue weighted by Crippen LogP contribution is -2.37. The Bertz CT molecular complexity index is 1570. The Balaban J connectivity index is 1.30. The minimum Gasteiger partial charge on any atom is -0.504 e. The highest BCUT2D eigenvalue weighted by atomic mass is 35.5. The SMILES string of the molecule is O=C(Nc1ccc(Oc2ccnc(C(=O)NNCc3ccc(O)c(O)c3)c2)cc1)Nc1ccc(Cl)c(C(F)(F)F)c1. The summed E-state index contributed by atoms with van der Waals surface area (Å²) in [6.45, 7) is 0.169. The maximum atomic E-state index is 13.0. The van der Waals surface area contributed by atoms with E-state index in [-0.39, 0.29) is 29.4 Å². The van der Waals surface area contributed by atoms with Crippen molar-refractivity contribution < 1.29 is 37.7 Å². The van der Waals surface area contributed by atoms with Crippen LogP contribution in [-0.2, 0) is 12.7 Å². The van der Waals surface area contributed by atoms with Gasteiger partial charge in [-0.15, -0.1) is 0 Å². The van der Waals surface area contributed by atoms with Crippen molar-refractivity contribution in [1.29, 1.82) is 0 Å². The fourth-order valence-electron chi connectivity index (χ4n) is 3.42. The van der Waals surface area contributed by atoms with E-state index in [2.05, 4.69) is 26.5 Å². The van der Waals surface area contributed by atoms with Crippen LogP contribution in [0.2, 0.25) is 5.02 Å². The van der Waals surface area contributed by atoms with Crippen LogP contribution < -0.4 is 26.2 Å². The molecule has 4 rings (SSSR count). The molecule has 0 unspecified atom stereocenters. The highest BCUT2D eigenvalue weighted by molar-refractivity contribution is 6.31. The lowest BCUT2D eigenvalue weighted by molar-refractivity contribution is -0.137. The Labute approximate surface area is 235 Å². The summed E-state index contributed by atoms with van der Waals surface area (Å²) in [6, 6.07) is 15.5. The molecule has 0 radical (unpaired) electrons. The summed E-state index contributed by atoms with van der Waals surface area (Å²) in [5.41, 5.74) is 5.00. The number of halogens is 4. The van der Waals surface area contributed by atoms with Crippen LogP contribution in [0.3, 0.4) is 0 Å². The maximum absolute atomic E-state index is 13.0. The van der Waals surface area contributed by atoms with Crippen molar-refractivity contribution in [2.45, 2.75) is 12.7 Å². The molecule has 3 aromatic carbocycles. The Hall–Kier alpha value is -5.01. The van der Waals surface area contributed by atoms with E-state index in [1.165, 1.54) is 60.8 Å². The number of amides is 3. The molecule has 0 saturated heterocycles. The van der Waals surface area contributed by atoms with E-state index in [4.69, 9.17) is 16.3 Å². The van der Waals surface area contributed by atoms with Gasteiger partial charge in [-0.1, -0.05) is 17.7 Å². The van der Waals surface area contributed by atoms with Crippen molar-refractivity contribution in [2.75, 3.05) is 10.6 Å². The average molecular weight is 588 g/mol. The summed E-state index contributed by atoms with van der Waals surface area (Å²) in [4.78, 5) is 28.7. The molecule has 14 heteroatoms. The Morgan fingerprint density at radius 2 is 1.56 bits per heavy atom. The number of hydrazine groups is 1. The number of aromatic nitrogens is 1. The molecule has 41 heavy (non-hydrogen) atoms. The van der Waals surface area contributed by atoms with E-state index in [1.807, 2.05) is 0 Å². The third-order valence-electron chi connectivity index (χ3n) is 5.38. The van der Waals surface area contributed by atoms with Gasteiger partial charge in [-0.3, -0.25) is 15.2 Å². The van der Waals surface area contributed by atoms with E-state index in [9.17, 15) is 33.0 Å². The second-order valence-electron chi connectivity index (χ2n) is 8.41. The second kappa shape index (κ2) is 12.4. The van der Waals surface area contributed by atoms with E-state index in [1.54, 1.807) is 6.07 Å². The van der Waals surface area contributed by atoms with Crippen LogP contribution in [0, 0.1) is 0 Å². The third kappa shape index (κ3) is 8.00. The quantitative estimate of drug-likeness (QED) is 0.109. The summed E-state index contributed by atoms with van der Waals surface area (Å²) >= 11 is 5.59. The Kier molecular flexibility index (Phi) is 8.80. The molecule has 212 valence electrons. The second-order valence-corrected chi connectivity index (χ2v) is 8.81. The topological polar surface area (TPSA) is 145 Å². The molecule has 4 aromatic rings. The first-order chi connectivity index (χ1) is 19.5. The first kappa shape index (κ1) is 29.0. The minimum absolute atomic E-state index is 0.0504. The van der Waals surface area contributed by atoms with Crippen LogP contribution >= 0.6 is 11.6 Å². The number of hydrogen-bond donors (Lipinski definition) is 6. The molecule has 0 fully saturated rings. The predicted octanol–water partition coefficient (Wildman–Crippen LogP) is 6.04. The van der Waals surface area contributed by atoms with E-state index >= 15 is 0 Å². The zero-order valence-electron chi connectivity index (χ0n) is 20.8. The largest absolute Gasteiger partial charge is 0.504 e. The van der Waals surface area contributed by atoms with Crippen molar-refractivity contribution >= 4 is 34.9 Å². The van der Waals surface area contributed by atoms with Crippen molar-refractivity contribution in [1.82, 2.24) is 15.8 Å². The van der Waals surface area contributed by atoms with Gasteiger partial charge in [-0.25, -0.2) is 10.2 Å². The van der Waals surface area contributed by atoms with Crippen LogP contribution in [-0.4, -0.2) is 27.1 Å². The van der Waals surface area contributed by atoms with Gasteiger partial charge < -0.3 is 25.6 Å². The number of pyridine rings is 1. The zero-order valence-corrected chi connectivity index (χ0v) is 21.5. The van der Waals surface area contributed by atoms with E-state index in [0.717, 1.165) is 12.1 Å². The molecule has 0 bridgehead atoms. The number of ether oxygens (including phenoxy) is 1. The molecule has 0 atom stereocenters. The van der Waals surface area contributed by atoms with E-state index < -0.39 is 28.7 Å². The normalized spacial score (nSPS) is 11.0. The fourth-order valence-corrected chi connectivity index (χ4v) is 3.65. The molecular formula is C27H21ClF3N5O5. The molecule has 0 aliphatic heterocycles. The van der Waals surface area contributed by atoms with Crippen LogP contribution in [0.4, 0.5) is 29.3 Å². The van der Waals surface area contributed by atoms with Gasteiger partial charge in [0.1, 0.15) is 17.2 Å². The summed E-state index contributed by atoms with van der Waals surface area (Å²) < 4.78 is 44.8. The van der Waals surface area contributed by atoms with Gasteiger partial charge in [0.05, 0.1) is 10.6 Å². The summed E-state index contributed by atoms with van der Waals surface area (Å²) in [6.07, 6.45) is -3.29. The molecule has 0 aliphatic carbocycles. The van der Waals surface area contributed by atoms with Gasteiger partial charge in [0, 0.05) is 30.2 Å². The predicted molar refractivity (Wildman–Crippen MR) is 144 cm³/mol. The number of nitrogens with zero attached hydrogens (tertiary/aromatic N) is 1. The number of alkyl halides is 3. The molecule has 0 saturated carbocycles. The van der Waals surface area contributed by atoms with Gasteiger partial charge in [-0.05, 0) is 66.2 Å². The smallest absolute Gasteiger partial charge is 0.417 e. The maximum Gasteiger partial charge on any atom is 0.417 e. The van der Waals surface area contributed by atoms with E-state index in [0.29, 0.717) is 22.7 Å². The van der Waals surface area contributed by atoms with Gasteiger partial charge in [0.2, 0.25) is 0 Å². The molecule has 1 heterocycles. The Morgan fingerprint density at radius 1 is 0.854 bits per heavy atom. The van der Waals surface area contributed by atoms with Gasteiger partial charge in [0.25, 0.3) is 5.91 Å². The first-order valence-electron chi connectivity index (χ1n) is 11.7. The average Bonchev–Trinajstić information content (AvgIpc) is 2.92. The number of aromatic hydroxyl groups is 2. The van der Waals surface area contributed by atoms with Crippen molar-refractivity contribution in [3.63, 3.8) is 0 Å². The lowest BCUT2D eigenvalue weighted by atomic mass is 10.2. The fraction of sp³-hybridized carbons (Fsp3) is 0.0741. The first-order valence-corrected chi connectivity index (χ1v) is 12.1. The number of carbonyl (C=O) groups is 2. The molecule has 3 amide bonds. The van der Waals surface area contributed by atoms with Crippen molar-refractivity contribution in [3.05, 3.63) is 101 Å². The van der Waals surface area contributed by atoms with Crippen LogP contribution in [0.5, 0.6) is 23.0 Å². The van der Waals surface area contributed by atoms with Crippen molar-refractivity contribution in [3.8, 4) is 23.0 Å². The lowest BCUT2D eigenvalue weighted by Gasteiger charge is -2.13.